The molecular formula is C14H15BrN2. The first-order chi connectivity index (χ1) is 8.19. The molecule has 3 N–H and O–H groups in total. The molecule has 0 radical (unpaired) electrons. The standard InChI is InChI=1S/C14H15BrN2/c1-2-10-3-6-12(7-4-10)17-14-8-5-11(16)9-13(14)15/h3-9,17H,2,16H2,1H3. The molecule has 0 amide bonds. The number of nitrogen functional groups attached to an aromatic ring is 1. The van der Waals surface area contributed by atoms with Gasteiger partial charge >= 0.3 is 0 Å². The Labute approximate surface area is 110 Å². The van der Waals surface area contributed by atoms with Gasteiger partial charge in [-0.3, -0.25) is 0 Å². The van der Waals surface area contributed by atoms with Crippen LogP contribution >= 0.6 is 15.9 Å². The number of hydrogen-bond acceptors (Lipinski definition) is 2. The fourth-order valence-corrected chi connectivity index (χ4v) is 2.11. The van der Waals surface area contributed by atoms with Gasteiger partial charge in [0.25, 0.3) is 0 Å². The molecule has 2 rings (SSSR count). The highest BCUT2D eigenvalue weighted by atomic mass is 79.9. The number of rotatable bonds is 3. The van der Waals surface area contributed by atoms with Gasteiger partial charge < -0.3 is 11.1 Å². The van der Waals surface area contributed by atoms with Gasteiger partial charge in [0.1, 0.15) is 0 Å². The number of halogens is 1. The second-order valence-electron chi connectivity index (χ2n) is 3.91. The SMILES string of the molecule is CCc1ccc(Nc2ccc(N)cc2Br)cc1. The number of nitrogens with one attached hydrogen (secondary N) is 1. The van der Waals surface area contributed by atoms with E-state index < -0.39 is 0 Å². The van der Waals surface area contributed by atoms with E-state index in [1.165, 1.54) is 5.56 Å². The molecule has 2 aromatic rings. The highest BCUT2D eigenvalue weighted by molar-refractivity contribution is 9.10. The summed E-state index contributed by atoms with van der Waals surface area (Å²) in [5.74, 6) is 0. The minimum Gasteiger partial charge on any atom is -0.399 e. The molecule has 2 nitrogen and oxygen atoms in total. The fraction of sp³-hybridized carbons (Fsp3) is 0.143. The Bertz CT molecular complexity index is 506. The van der Waals surface area contributed by atoms with Crippen LogP contribution in [0.5, 0.6) is 0 Å². The Kier molecular flexibility index (Phi) is 3.69. The molecule has 17 heavy (non-hydrogen) atoms. The van der Waals surface area contributed by atoms with Crippen molar-refractivity contribution in [3.8, 4) is 0 Å². The summed E-state index contributed by atoms with van der Waals surface area (Å²) in [6, 6.07) is 14.2. The molecule has 0 fully saturated rings. The smallest absolute Gasteiger partial charge is 0.0530 e. The molecule has 0 aromatic heterocycles. The van der Waals surface area contributed by atoms with Crippen molar-refractivity contribution in [3.63, 3.8) is 0 Å². The van der Waals surface area contributed by atoms with Crippen molar-refractivity contribution in [2.75, 3.05) is 11.1 Å². The first-order valence-corrected chi connectivity index (χ1v) is 6.39. The van der Waals surface area contributed by atoms with Crippen molar-refractivity contribution >= 4 is 33.0 Å². The van der Waals surface area contributed by atoms with Gasteiger partial charge in [0.05, 0.1) is 5.69 Å². The van der Waals surface area contributed by atoms with E-state index in [1.807, 2.05) is 18.2 Å². The summed E-state index contributed by atoms with van der Waals surface area (Å²) >= 11 is 3.49. The minimum absolute atomic E-state index is 0.753. The minimum atomic E-state index is 0.753. The van der Waals surface area contributed by atoms with Crippen molar-refractivity contribution in [2.45, 2.75) is 13.3 Å². The van der Waals surface area contributed by atoms with Gasteiger partial charge in [-0.25, -0.2) is 0 Å². The average Bonchev–Trinajstić information content (AvgIpc) is 2.34. The van der Waals surface area contributed by atoms with Gasteiger partial charge in [0.2, 0.25) is 0 Å². The predicted octanol–water partition coefficient (Wildman–Crippen LogP) is 4.34. The van der Waals surface area contributed by atoms with Crippen LogP contribution in [0.4, 0.5) is 17.1 Å². The maximum atomic E-state index is 5.70. The normalized spacial score (nSPS) is 10.2. The highest BCUT2D eigenvalue weighted by Crippen LogP contribution is 2.27. The summed E-state index contributed by atoms with van der Waals surface area (Å²) in [5, 5.41) is 3.35. The van der Waals surface area contributed by atoms with Crippen molar-refractivity contribution in [1.82, 2.24) is 0 Å². The molecule has 0 saturated carbocycles. The number of anilines is 3. The van der Waals surface area contributed by atoms with E-state index in [4.69, 9.17) is 5.73 Å². The first-order valence-electron chi connectivity index (χ1n) is 5.60. The fourth-order valence-electron chi connectivity index (χ4n) is 1.61. The van der Waals surface area contributed by atoms with Gasteiger partial charge in [0, 0.05) is 15.8 Å². The summed E-state index contributed by atoms with van der Waals surface area (Å²) in [5.41, 5.74) is 9.89. The second kappa shape index (κ2) is 5.23. The molecule has 0 unspecified atom stereocenters. The highest BCUT2D eigenvalue weighted by Gasteiger charge is 2.00. The molecule has 0 atom stereocenters. The maximum Gasteiger partial charge on any atom is 0.0530 e. The van der Waals surface area contributed by atoms with E-state index in [1.54, 1.807) is 0 Å². The number of aryl methyl sites for hydroxylation is 1. The van der Waals surface area contributed by atoms with Crippen LogP contribution in [-0.2, 0) is 6.42 Å². The lowest BCUT2D eigenvalue weighted by Crippen LogP contribution is -1.93. The number of nitrogens with two attached hydrogens (primary N) is 1. The van der Waals surface area contributed by atoms with Crippen LogP contribution in [0.3, 0.4) is 0 Å². The van der Waals surface area contributed by atoms with Gasteiger partial charge in [0.15, 0.2) is 0 Å². The lowest BCUT2D eigenvalue weighted by molar-refractivity contribution is 1.14. The molecule has 0 aliphatic carbocycles. The van der Waals surface area contributed by atoms with Crippen molar-refractivity contribution < 1.29 is 0 Å². The third-order valence-electron chi connectivity index (χ3n) is 2.63. The lowest BCUT2D eigenvalue weighted by Gasteiger charge is -2.09. The Balaban J connectivity index is 2.19. The van der Waals surface area contributed by atoms with E-state index in [9.17, 15) is 0 Å². The van der Waals surface area contributed by atoms with Crippen LogP contribution < -0.4 is 11.1 Å². The third kappa shape index (κ3) is 3.01. The average molecular weight is 291 g/mol. The van der Waals surface area contributed by atoms with Gasteiger partial charge in [-0.05, 0) is 58.2 Å². The van der Waals surface area contributed by atoms with Crippen molar-refractivity contribution in [2.24, 2.45) is 0 Å². The summed E-state index contributed by atoms with van der Waals surface area (Å²) in [4.78, 5) is 0. The van der Waals surface area contributed by atoms with Gasteiger partial charge in [-0.15, -0.1) is 0 Å². The van der Waals surface area contributed by atoms with Crippen LogP contribution in [0.1, 0.15) is 12.5 Å². The van der Waals surface area contributed by atoms with Crippen LogP contribution in [0.25, 0.3) is 0 Å². The van der Waals surface area contributed by atoms with E-state index in [-0.39, 0.29) is 0 Å². The lowest BCUT2D eigenvalue weighted by atomic mass is 10.1. The predicted molar refractivity (Wildman–Crippen MR) is 77.7 cm³/mol. The first kappa shape index (κ1) is 12.0. The Morgan fingerprint density at radius 1 is 1.12 bits per heavy atom. The summed E-state index contributed by atoms with van der Waals surface area (Å²) in [6.45, 7) is 2.15. The molecule has 0 aliphatic heterocycles. The van der Waals surface area contributed by atoms with Gasteiger partial charge in [-0.2, -0.15) is 0 Å². The van der Waals surface area contributed by atoms with Crippen LogP contribution in [-0.4, -0.2) is 0 Å². The third-order valence-corrected chi connectivity index (χ3v) is 3.29. The Morgan fingerprint density at radius 2 is 1.82 bits per heavy atom. The molecule has 3 heteroatoms. The number of hydrogen-bond donors (Lipinski definition) is 2. The molecule has 2 aromatic carbocycles. The second-order valence-corrected chi connectivity index (χ2v) is 4.77. The molecule has 0 heterocycles. The van der Waals surface area contributed by atoms with E-state index in [0.717, 1.165) is 28.0 Å². The molecule has 0 spiro atoms. The summed E-state index contributed by atoms with van der Waals surface area (Å²) < 4.78 is 0.970. The monoisotopic (exact) mass is 290 g/mol. The van der Waals surface area contributed by atoms with Crippen LogP contribution in [0.2, 0.25) is 0 Å². The molecule has 88 valence electrons. The Morgan fingerprint density at radius 3 is 2.41 bits per heavy atom. The van der Waals surface area contributed by atoms with Crippen LogP contribution in [0, 0.1) is 0 Å². The summed E-state index contributed by atoms with van der Waals surface area (Å²) in [6.07, 6.45) is 1.06. The quantitative estimate of drug-likeness (QED) is 0.826. The van der Waals surface area contributed by atoms with E-state index in [2.05, 4.69) is 52.4 Å². The maximum absolute atomic E-state index is 5.70. The molecular weight excluding hydrogens is 276 g/mol. The van der Waals surface area contributed by atoms with E-state index >= 15 is 0 Å². The largest absolute Gasteiger partial charge is 0.399 e. The topological polar surface area (TPSA) is 38.0 Å². The molecule has 0 aliphatic rings. The molecule has 0 bridgehead atoms. The van der Waals surface area contributed by atoms with Crippen LogP contribution in [0.15, 0.2) is 46.9 Å². The Hall–Kier alpha value is -1.48. The zero-order valence-corrected chi connectivity index (χ0v) is 11.3. The van der Waals surface area contributed by atoms with E-state index in [0.29, 0.717) is 0 Å². The number of benzene rings is 2. The zero-order chi connectivity index (χ0) is 12.3. The molecule has 0 saturated heterocycles. The zero-order valence-electron chi connectivity index (χ0n) is 9.70. The summed E-state index contributed by atoms with van der Waals surface area (Å²) in [7, 11) is 0. The van der Waals surface area contributed by atoms with Crippen molar-refractivity contribution in [1.29, 1.82) is 0 Å². The van der Waals surface area contributed by atoms with Gasteiger partial charge in [-0.1, -0.05) is 19.1 Å². The van der Waals surface area contributed by atoms with Crippen molar-refractivity contribution in [3.05, 3.63) is 52.5 Å².